The number of ether oxygens (including phenoxy) is 3. The monoisotopic (exact) mass is 606 g/mol. The average molecular weight is 607 g/mol. The molecule has 0 bridgehead atoms. The first-order valence-corrected chi connectivity index (χ1v) is 12.3. The van der Waals surface area contributed by atoms with Crippen molar-refractivity contribution in [2.45, 2.75) is 32.9 Å². The molecule has 1 unspecified atom stereocenters. The maximum absolute atomic E-state index is 14.2. The molecule has 4 rings (SSSR count). The number of carbonyl (C=O) groups is 1. The normalized spacial score (nSPS) is 14.7. The number of aromatic nitrogens is 1. The van der Waals surface area contributed by atoms with Gasteiger partial charge >= 0.3 is 12.1 Å². The van der Waals surface area contributed by atoms with Crippen LogP contribution in [0.3, 0.4) is 0 Å². The summed E-state index contributed by atoms with van der Waals surface area (Å²) in [5.41, 5.74) is 0.370. The number of allylic oxidation sites excluding steroid dienone is 1. The van der Waals surface area contributed by atoms with Gasteiger partial charge in [-0.15, -0.1) is 17.0 Å². The fraction of sp³-hybridized carbons (Fsp3) is 0.310. The number of anilines is 1. The second-order valence-corrected chi connectivity index (χ2v) is 9.26. The van der Waals surface area contributed by atoms with Gasteiger partial charge in [0.1, 0.15) is 19.0 Å². The van der Waals surface area contributed by atoms with E-state index in [1.165, 1.54) is 24.4 Å². The second kappa shape index (κ2) is 13.0. The number of carbonyl (C=O) groups excluding carboxylic acids is 1. The van der Waals surface area contributed by atoms with Crippen LogP contribution in [0.2, 0.25) is 0 Å². The maximum atomic E-state index is 14.2. The maximum Gasteiger partial charge on any atom is 0.416 e. The number of hydrogen-bond donors (Lipinski definition) is 1. The SMILES string of the molecule is Br.CC1=C(C(=O)OCCOc2ccccc2)C(c2ccccc2C(F)(F)F)c2c(ccnc2OCC(C)C)N1. The van der Waals surface area contributed by atoms with Crippen molar-refractivity contribution in [1.29, 1.82) is 0 Å². The third-order valence-electron chi connectivity index (χ3n) is 5.94. The number of nitrogens with one attached hydrogen (secondary N) is 1. The molecule has 0 aliphatic carbocycles. The van der Waals surface area contributed by atoms with Crippen molar-refractivity contribution < 1.29 is 32.2 Å². The Morgan fingerprint density at radius 3 is 2.38 bits per heavy atom. The van der Waals surface area contributed by atoms with Crippen molar-refractivity contribution in [2.75, 3.05) is 25.1 Å². The standard InChI is InChI=1S/C29H29F3N2O4.BrH/c1-18(2)17-38-27-26-23(13-14-33-27)34-19(3)24(25(26)21-11-7-8-12-22(21)29(30,31)32)28(35)37-16-15-36-20-9-5-4-6-10-20;/h4-14,18,25,34H,15-17H2,1-3H3;1H. The van der Waals surface area contributed by atoms with Crippen molar-refractivity contribution in [3.05, 3.63) is 94.8 Å². The molecule has 1 aliphatic rings. The van der Waals surface area contributed by atoms with Gasteiger partial charge < -0.3 is 19.5 Å². The summed E-state index contributed by atoms with van der Waals surface area (Å²) in [6.45, 7) is 5.84. The molecule has 0 saturated carbocycles. The van der Waals surface area contributed by atoms with Gasteiger partial charge in [0.05, 0.1) is 23.7 Å². The summed E-state index contributed by atoms with van der Waals surface area (Å²) in [4.78, 5) is 17.8. The van der Waals surface area contributed by atoms with Gasteiger partial charge in [0, 0.05) is 23.1 Å². The van der Waals surface area contributed by atoms with Gasteiger partial charge in [-0.05, 0) is 42.7 Å². The van der Waals surface area contributed by atoms with Crippen molar-refractivity contribution in [2.24, 2.45) is 5.92 Å². The summed E-state index contributed by atoms with van der Waals surface area (Å²) in [6.07, 6.45) is -3.12. The van der Waals surface area contributed by atoms with Gasteiger partial charge in [-0.1, -0.05) is 50.2 Å². The van der Waals surface area contributed by atoms with Gasteiger partial charge in [0.25, 0.3) is 0 Å². The first-order chi connectivity index (χ1) is 18.2. The van der Waals surface area contributed by atoms with Crippen LogP contribution in [-0.2, 0) is 15.7 Å². The third kappa shape index (κ3) is 7.11. The largest absolute Gasteiger partial charge is 0.490 e. The minimum Gasteiger partial charge on any atom is -0.490 e. The summed E-state index contributed by atoms with van der Waals surface area (Å²) in [5, 5.41) is 3.14. The van der Waals surface area contributed by atoms with Gasteiger partial charge in [0.2, 0.25) is 5.88 Å². The molecule has 0 fully saturated rings. The van der Waals surface area contributed by atoms with Gasteiger partial charge in [0.15, 0.2) is 0 Å². The van der Waals surface area contributed by atoms with E-state index in [1.807, 2.05) is 32.0 Å². The predicted molar refractivity (Wildman–Crippen MR) is 147 cm³/mol. The summed E-state index contributed by atoms with van der Waals surface area (Å²) in [7, 11) is 0. The molecule has 0 spiro atoms. The highest BCUT2D eigenvalue weighted by Crippen LogP contribution is 2.48. The molecule has 0 radical (unpaired) electrons. The Balaban J connectivity index is 0.00000420. The molecule has 3 aromatic rings. The van der Waals surface area contributed by atoms with Crippen LogP contribution in [0.25, 0.3) is 0 Å². The van der Waals surface area contributed by atoms with E-state index in [1.54, 1.807) is 25.1 Å². The third-order valence-corrected chi connectivity index (χ3v) is 5.94. The highest BCUT2D eigenvalue weighted by Gasteiger charge is 2.42. The van der Waals surface area contributed by atoms with Gasteiger partial charge in [-0.3, -0.25) is 0 Å². The lowest BCUT2D eigenvalue weighted by atomic mass is 9.79. The Morgan fingerprint density at radius 1 is 1.00 bits per heavy atom. The summed E-state index contributed by atoms with van der Waals surface area (Å²) in [5.74, 6) is -0.949. The molecule has 10 heteroatoms. The van der Waals surface area contributed by atoms with Gasteiger partial charge in [-0.2, -0.15) is 13.2 Å². The van der Waals surface area contributed by atoms with Crippen LogP contribution in [0, 0.1) is 5.92 Å². The molecule has 208 valence electrons. The number of esters is 1. The number of benzene rings is 2. The molecule has 39 heavy (non-hydrogen) atoms. The summed E-state index contributed by atoms with van der Waals surface area (Å²) >= 11 is 0. The number of rotatable bonds is 9. The van der Waals surface area contributed by atoms with Crippen molar-refractivity contribution >= 4 is 28.6 Å². The molecule has 0 amide bonds. The van der Waals surface area contributed by atoms with E-state index in [0.29, 0.717) is 29.3 Å². The fourth-order valence-electron chi connectivity index (χ4n) is 4.31. The number of halogens is 4. The molecule has 0 saturated heterocycles. The van der Waals surface area contributed by atoms with Crippen LogP contribution in [-0.4, -0.2) is 30.8 Å². The first kappa shape index (κ1) is 30.0. The molecule has 1 atom stereocenters. The van der Waals surface area contributed by atoms with Crippen LogP contribution in [0.1, 0.15) is 43.4 Å². The molecular formula is C29H30BrF3N2O4. The number of pyridine rings is 1. The smallest absolute Gasteiger partial charge is 0.416 e. The van der Waals surface area contributed by atoms with E-state index < -0.39 is 23.6 Å². The molecule has 2 aromatic carbocycles. The van der Waals surface area contributed by atoms with E-state index in [0.717, 1.165) is 6.07 Å². The number of para-hydroxylation sites is 1. The number of fused-ring (bicyclic) bond motifs is 1. The molecule has 1 aromatic heterocycles. The molecule has 2 heterocycles. The zero-order valence-corrected chi connectivity index (χ0v) is 23.5. The van der Waals surface area contributed by atoms with Crippen LogP contribution in [0.4, 0.5) is 18.9 Å². The highest BCUT2D eigenvalue weighted by molar-refractivity contribution is 8.93. The Kier molecular flexibility index (Phi) is 10.0. The zero-order valence-electron chi connectivity index (χ0n) is 21.7. The quantitative estimate of drug-likeness (QED) is 0.206. The molecule has 1 N–H and O–H groups in total. The Morgan fingerprint density at radius 2 is 1.69 bits per heavy atom. The zero-order chi connectivity index (χ0) is 27.3. The molecule has 6 nitrogen and oxygen atoms in total. The van der Waals surface area contributed by atoms with Crippen molar-refractivity contribution in [3.63, 3.8) is 0 Å². The van der Waals surface area contributed by atoms with Crippen LogP contribution >= 0.6 is 17.0 Å². The summed E-state index contributed by atoms with van der Waals surface area (Å²) < 4.78 is 59.5. The first-order valence-electron chi connectivity index (χ1n) is 12.3. The topological polar surface area (TPSA) is 69.7 Å². The van der Waals surface area contributed by atoms with Crippen LogP contribution in [0.5, 0.6) is 11.6 Å². The lowest BCUT2D eigenvalue weighted by Gasteiger charge is -2.32. The Bertz CT molecular complexity index is 1310. The van der Waals surface area contributed by atoms with E-state index in [-0.39, 0.29) is 53.1 Å². The Hall–Kier alpha value is -3.53. The lowest BCUT2D eigenvalue weighted by molar-refractivity contribution is -0.141. The Labute approximate surface area is 236 Å². The fourth-order valence-corrected chi connectivity index (χ4v) is 4.31. The predicted octanol–water partition coefficient (Wildman–Crippen LogP) is 7.17. The van der Waals surface area contributed by atoms with E-state index in [4.69, 9.17) is 14.2 Å². The van der Waals surface area contributed by atoms with Crippen LogP contribution < -0.4 is 14.8 Å². The lowest BCUT2D eigenvalue weighted by Crippen LogP contribution is -2.28. The average Bonchev–Trinajstić information content (AvgIpc) is 2.89. The second-order valence-electron chi connectivity index (χ2n) is 9.26. The number of alkyl halides is 3. The summed E-state index contributed by atoms with van der Waals surface area (Å²) in [6, 6.07) is 15.9. The van der Waals surface area contributed by atoms with Crippen molar-refractivity contribution in [1.82, 2.24) is 4.98 Å². The molecule has 1 aliphatic heterocycles. The van der Waals surface area contributed by atoms with Crippen molar-refractivity contribution in [3.8, 4) is 11.6 Å². The van der Waals surface area contributed by atoms with Crippen LogP contribution in [0.15, 0.2) is 78.1 Å². The van der Waals surface area contributed by atoms with E-state index in [2.05, 4.69) is 10.3 Å². The molecular weight excluding hydrogens is 577 g/mol. The number of nitrogens with zero attached hydrogens (tertiary/aromatic N) is 1. The minimum atomic E-state index is -4.64. The van der Waals surface area contributed by atoms with E-state index in [9.17, 15) is 18.0 Å². The van der Waals surface area contributed by atoms with E-state index >= 15 is 0 Å². The number of hydrogen-bond acceptors (Lipinski definition) is 6. The van der Waals surface area contributed by atoms with Gasteiger partial charge in [-0.25, -0.2) is 9.78 Å². The minimum absolute atomic E-state index is 0. The highest BCUT2D eigenvalue weighted by atomic mass is 79.9.